The fourth-order valence-electron chi connectivity index (χ4n) is 2.09. The molecule has 3 rings (SSSR count). The van der Waals surface area contributed by atoms with Gasteiger partial charge in [0.2, 0.25) is 0 Å². The first-order chi connectivity index (χ1) is 14.2. The molecule has 0 unspecified atom stereocenters. The molecule has 0 aromatic heterocycles. The summed E-state index contributed by atoms with van der Waals surface area (Å²) < 4.78 is 1.68. The van der Waals surface area contributed by atoms with Crippen molar-refractivity contribution in [2.45, 2.75) is 11.6 Å². The summed E-state index contributed by atoms with van der Waals surface area (Å²) in [5.74, 6) is 0. The van der Waals surface area contributed by atoms with Gasteiger partial charge in [0.1, 0.15) is 0 Å². The molecule has 0 spiro atoms. The van der Waals surface area contributed by atoms with Crippen LogP contribution in [-0.2, 0) is 19.2 Å². The van der Waals surface area contributed by atoms with Crippen molar-refractivity contribution in [3.05, 3.63) is 117 Å². The van der Waals surface area contributed by atoms with Crippen molar-refractivity contribution in [3.63, 3.8) is 0 Å². The normalized spacial score (nSPS) is 11.4. The zero-order valence-electron chi connectivity index (χ0n) is 18.4. The summed E-state index contributed by atoms with van der Waals surface area (Å²) in [5.41, 5.74) is 2.44. The molecule has 0 heterocycles. The van der Waals surface area contributed by atoms with E-state index in [9.17, 15) is 0 Å². The Labute approximate surface area is 187 Å². The maximum absolute atomic E-state index is 3.50. The minimum atomic E-state index is 0.292. The predicted octanol–water partition coefficient (Wildman–Crippen LogP) is 7.61. The van der Waals surface area contributed by atoms with Gasteiger partial charge in [0.15, 0.2) is 0 Å². The molecule has 0 fully saturated rings. The monoisotopic (exact) mass is 422 g/mol. The van der Waals surface area contributed by atoms with Crippen molar-refractivity contribution in [2.24, 2.45) is 0 Å². The van der Waals surface area contributed by atoms with Crippen molar-refractivity contribution in [1.82, 2.24) is 0 Å². The second-order valence-corrected chi connectivity index (χ2v) is 7.79. The van der Waals surface area contributed by atoms with Crippen molar-refractivity contribution >= 4 is 12.2 Å². The van der Waals surface area contributed by atoms with Crippen LogP contribution in [0.5, 0.6) is 0 Å². The quantitative estimate of drug-likeness (QED) is 0.358. The molecule has 2 aromatic carbocycles. The zero-order chi connectivity index (χ0) is 21.6. The van der Waals surface area contributed by atoms with E-state index in [2.05, 4.69) is 82.7 Å². The third-order valence-corrected chi connectivity index (χ3v) is 4.96. The van der Waals surface area contributed by atoms with Gasteiger partial charge in [-0.25, -0.2) is 0 Å². The fraction of sp³-hybridized carbons (Fsp3) is 0.231. The van der Waals surface area contributed by atoms with Crippen molar-refractivity contribution in [3.8, 4) is 0 Å². The summed E-state index contributed by atoms with van der Waals surface area (Å²) in [5, 5.41) is 9.32. The first kappa shape index (κ1) is 27.0. The summed E-state index contributed by atoms with van der Waals surface area (Å²) in [7, 11) is 7.00. The molecule has 3 heteroatoms. The Balaban J connectivity index is 0.000000498. The second kappa shape index (κ2) is 20.8. The van der Waals surface area contributed by atoms with Crippen molar-refractivity contribution in [2.75, 3.05) is 28.2 Å². The summed E-state index contributed by atoms with van der Waals surface area (Å²) in [6.45, 7) is 0. The standard InChI is InChI=1S/C16H14.C5H5.2C2H6N.CH3.Ti/c1-3-9-15(10-4-1)13-7-8-14-16-11-5-2-6-12-16;1-2-4-5-3-1;2*1-3-2;;/h1-14H;1-3H,4H2;2*1-2H3;1H3;/q;;2*-1;;+2. The molecule has 0 saturated carbocycles. The summed E-state index contributed by atoms with van der Waals surface area (Å²) in [6, 6.07) is 20.6. The van der Waals surface area contributed by atoms with Gasteiger partial charge in [-0.3, -0.25) is 0 Å². The third-order valence-electron chi connectivity index (χ3n) is 3.38. The maximum atomic E-state index is 3.50. The number of nitrogens with zero attached hydrogens (tertiary/aromatic N) is 2. The van der Waals surface area contributed by atoms with E-state index < -0.39 is 0 Å². The van der Waals surface area contributed by atoms with E-state index in [1.165, 1.54) is 17.5 Å². The van der Waals surface area contributed by atoms with E-state index in [-0.39, 0.29) is 0 Å². The topological polar surface area (TPSA) is 28.2 Å². The molecule has 29 heavy (non-hydrogen) atoms. The summed E-state index contributed by atoms with van der Waals surface area (Å²) in [4.78, 5) is 0. The second-order valence-electron chi connectivity index (χ2n) is 6.01. The van der Waals surface area contributed by atoms with Gasteiger partial charge >= 0.3 is 52.9 Å². The van der Waals surface area contributed by atoms with Crippen LogP contribution in [0.1, 0.15) is 17.5 Å². The number of rotatable bonds is 4. The molecule has 2 nitrogen and oxygen atoms in total. The van der Waals surface area contributed by atoms with Gasteiger partial charge in [0.25, 0.3) is 0 Å². The van der Waals surface area contributed by atoms with Crippen LogP contribution in [0.3, 0.4) is 0 Å². The Morgan fingerprint density at radius 2 is 1.14 bits per heavy atom. The van der Waals surface area contributed by atoms with Crippen LogP contribution in [0.4, 0.5) is 0 Å². The molecule has 152 valence electrons. The van der Waals surface area contributed by atoms with Crippen LogP contribution in [0.2, 0.25) is 5.23 Å². The number of hydrogen-bond donors (Lipinski definition) is 0. The molecule has 0 atom stereocenters. The van der Waals surface area contributed by atoms with Crippen molar-refractivity contribution in [1.29, 1.82) is 0 Å². The van der Waals surface area contributed by atoms with Gasteiger partial charge in [-0.05, 0) is 11.1 Å². The molecule has 0 radical (unpaired) electrons. The van der Waals surface area contributed by atoms with Crippen LogP contribution < -0.4 is 0 Å². The molecular weight excluding hydrogens is 388 g/mol. The van der Waals surface area contributed by atoms with E-state index in [1.807, 2.05) is 36.4 Å². The number of benzene rings is 2. The first-order valence-electron chi connectivity index (χ1n) is 9.65. The van der Waals surface area contributed by atoms with E-state index in [1.54, 1.807) is 32.1 Å². The summed E-state index contributed by atoms with van der Waals surface area (Å²) >= 11 is 0.292. The first-order valence-corrected chi connectivity index (χ1v) is 12.0. The Morgan fingerprint density at radius 3 is 1.41 bits per heavy atom. The van der Waals surface area contributed by atoms with E-state index in [0.29, 0.717) is 19.2 Å². The Kier molecular flexibility index (Phi) is 19.4. The van der Waals surface area contributed by atoms with Gasteiger partial charge in [-0.1, -0.05) is 85.0 Å². The molecule has 0 saturated heterocycles. The third kappa shape index (κ3) is 16.7. The average Bonchev–Trinajstić information content (AvgIpc) is 3.29. The van der Waals surface area contributed by atoms with E-state index in [0.717, 1.165) is 0 Å². The molecule has 0 bridgehead atoms. The number of allylic oxidation sites excluding steroid dienone is 6. The predicted molar refractivity (Wildman–Crippen MR) is 129 cm³/mol. The van der Waals surface area contributed by atoms with E-state index >= 15 is 0 Å². The SMILES string of the molecule is C(C=Cc1ccccc1)=Cc1ccccc1.C[N-]C.C[N-]C.[CH3][Ti+2][C]1=CC=CC1. The number of hydrogen-bond acceptors (Lipinski definition) is 0. The molecule has 0 amide bonds. The average molecular weight is 422 g/mol. The fourth-order valence-corrected chi connectivity index (χ4v) is 3.01. The molecule has 1 aliphatic carbocycles. The zero-order valence-corrected chi connectivity index (χ0v) is 20.0. The van der Waals surface area contributed by atoms with Gasteiger partial charge in [-0.15, -0.1) is 0 Å². The van der Waals surface area contributed by atoms with Gasteiger partial charge in [0, 0.05) is 0 Å². The Morgan fingerprint density at radius 1 is 0.724 bits per heavy atom. The molecule has 1 aliphatic rings. The van der Waals surface area contributed by atoms with Crippen LogP contribution in [-0.4, -0.2) is 28.2 Å². The van der Waals surface area contributed by atoms with Crippen molar-refractivity contribution < 1.29 is 19.2 Å². The Hall–Kier alpha value is -1.97. The van der Waals surface area contributed by atoms with E-state index in [4.69, 9.17) is 0 Å². The van der Waals surface area contributed by atoms with Gasteiger partial charge in [-0.2, -0.15) is 28.2 Å². The molecule has 0 N–H and O–H groups in total. The van der Waals surface area contributed by atoms with Gasteiger partial charge < -0.3 is 10.6 Å². The van der Waals surface area contributed by atoms with Crippen LogP contribution in [0, 0.1) is 0 Å². The molecule has 0 aliphatic heterocycles. The molecular formula is C26H34N2Ti. The van der Waals surface area contributed by atoms with Crippen LogP contribution >= 0.6 is 0 Å². The summed E-state index contributed by atoms with van der Waals surface area (Å²) in [6.07, 6.45) is 16.2. The Bertz CT molecular complexity index is 667. The van der Waals surface area contributed by atoms with Gasteiger partial charge in [0.05, 0.1) is 0 Å². The van der Waals surface area contributed by atoms with Crippen LogP contribution in [0.25, 0.3) is 22.8 Å². The van der Waals surface area contributed by atoms with Crippen LogP contribution in [0.15, 0.2) is 94.9 Å². The minimum absolute atomic E-state index is 0.292. The molecule has 2 aromatic rings.